The minimum absolute atomic E-state index is 0.453. The highest BCUT2D eigenvalue weighted by Gasteiger charge is 2.18. The fraction of sp³-hybridized carbons (Fsp3) is 0.400. The molecule has 1 aromatic rings. The topological polar surface area (TPSA) is 35.2 Å². The lowest BCUT2D eigenvalue weighted by atomic mass is 9.82. The molecule has 0 saturated heterocycles. The van der Waals surface area contributed by atoms with Gasteiger partial charge in [-0.1, -0.05) is 43.0 Å². The summed E-state index contributed by atoms with van der Waals surface area (Å²) in [6.45, 7) is 7.40. The normalized spacial score (nSPS) is 19.2. The molecule has 1 aliphatic rings. The summed E-state index contributed by atoms with van der Waals surface area (Å²) >= 11 is 0. The molecule has 0 heterocycles. The van der Waals surface area contributed by atoms with Gasteiger partial charge in [-0.3, -0.25) is 0 Å². The van der Waals surface area contributed by atoms with Crippen LogP contribution in [0.3, 0.4) is 0 Å². The molecule has 0 bridgehead atoms. The van der Waals surface area contributed by atoms with Gasteiger partial charge in [0.25, 0.3) is 0 Å². The molecule has 1 unspecified atom stereocenters. The maximum absolute atomic E-state index is 5.87. The molecule has 22 heavy (non-hydrogen) atoms. The smallest absolute Gasteiger partial charge is 0.0931 e. The van der Waals surface area contributed by atoms with Gasteiger partial charge in [0, 0.05) is 6.42 Å². The summed E-state index contributed by atoms with van der Waals surface area (Å²) in [7, 11) is 0. The van der Waals surface area contributed by atoms with E-state index in [0.717, 1.165) is 18.6 Å². The summed E-state index contributed by atoms with van der Waals surface area (Å²) in [5, 5.41) is 0. The molecule has 0 aromatic heterocycles. The zero-order chi connectivity index (χ0) is 15.8. The van der Waals surface area contributed by atoms with Crippen LogP contribution in [0.4, 0.5) is 0 Å². The monoisotopic (exact) mass is 297 g/mol. The Morgan fingerprint density at radius 2 is 2.14 bits per heavy atom. The standard InChI is InChI=1S/C20H27NO/c1-3-20-18(10-7-11-19(20)15-21)14-16(2)22-13-12-17-8-5-4-6-9-17/h3-6,8-9,14,19H,1,7,10-13,15,21H2,2H3/b16-14+. The van der Waals surface area contributed by atoms with E-state index >= 15 is 0 Å². The third kappa shape index (κ3) is 4.60. The van der Waals surface area contributed by atoms with E-state index in [1.165, 1.54) is 29.6 Å². The van der Waals surface area contributed by atoms with E-state index in [4.69, 9.17) is 10.5 Å². The maximum atomic E-state index is 5.87. The lowest BCUT2D eigenvalue weighted by molar-refractivity contribution is 0.217. The Balaban J connectivity index is 1.95. The molecular weight excluding hydrogens is 270 g/mol. The number of ether oxygens (including phenoxy) is 1. The summed E-state index contributed by atoms with van der Waals surface area (Å²) in [5.41, 5.74) is 9.83. The quantitative estimate of drug-likeness (QED) is 0.757. The van der Waals surface area contributed by atoms with Gasteiger partial charge >= 0.3 is 0 Å². The number of rotatable bonds is 7. The second kappa shape index (κ2) is 8.60. The van der Waals surface area contributed by atoms with E-state index in [-0.39, 0.29) is 0 Å². The summed E-state index contributed by atoms with van der Waals surface area (Å²) in [6, 6.07) is 10.4. The first-order valence-electron chi connectivity index (χ1n) is 8.15. The van der Waals surface area contributed by atoms with Crippen LogP contribution in [0.1, 0.15) is 31.7 Å². The van der Waals surface area contributed by atoms with Crippen molar-refractivity contribution in [1.29, 1.82) is 0 Å². The summed E-state index contributed by atoms with van der Waals surface area (Å²) in [4.78, 5) is 0. The largest absolute Gasteiger partial charge is 0.498 e. The lowest BCUT2D eigenvalue weighted by Gasteiger charge is -2.24. The van der Waals surface area contributed by atoms with Crippen LogP contribution in [0.15, 0.2) is 66.0 Å². The van der Waals surface area contributed by atoms with E-state index in [0.29, 0.717) is 19.1 Å². The minimum atomic E-state index is 0.453. The van der Waals surface area contributed by atoms with E-state index in [9.17, 15) is 0 Å². The lowest BCUT2D eigenvalue weighted by Crippen LogP contribution is -2.20. The number of hydrogen-bond donors (Lipinski definition) is 1. The number of nitrogens with two attached hydrogens (primary N) is 1. The molecule has 0 spiro atoms. The van der Waals surface area contributed by atoms with Crippen molar-refractivity contribution in [3.8, 4) is 0 Å². The van der Waals surface area contributed by atoms with E-state index < -0.39 is 0 Å². The molecule has 0 aliphatic heterocycles. The van der Waals surface area contributed by atoms with Crippen molar-refractivity contribution in [2.24, 2.45) is 11.7 Å². The van der Waals surface area contributed by atoms with Gasteiger partial charge in [0.1, 0.15) is 0 Å². The molecule has 118 valence electrons. The Morgan fingerprint density at radius 3 is 2.82 bits per heavy atom. The third-order valence-corrected chi connectivity index (χ3v) is 4.25. The van der Waals surface area contributed by atoms with Crippen molar-refractivity contribution in [3.05, 3.63) is 71.5 Å². The average molecular weight is 297 g/mol. The van der Waals surface area contributed by atoms with Gasteiger partial charge < -0.3 is 10.5 Å². The van der Waals surface area contributed by atoms with Crippen LogP contribution in [0.5, 0.6) is 0 Å². The van der Waals surface area contributed by atoms with Crippen LogP contribution in [0, 0.1) is 5.92 Å². The van der Waals surface area contributed by atoms with Gasteiger partial charge in [0.2, 0.25) is 0 Å². The highest BCUT2D eigenvalue weighted by atomic mass is 16.5. The maximum Gasteiger partial charge on any atom is 0.0931 e. The molecule has 0 amide bonds. The Morgan fingerprint density at radius 1 is 1.36 bits per heavy atom. The molecular formula is C20H27NO. The van der Waals surface area contributed by atoms with Crippen LogP contribution in [-0.2, 0) is 11.2 Å². The highest BCUT2D eigenvalue weighted by molar-refractivity contribution is 5.36. The van der Waals surface area contributed by atoms with E-state index in [1.54, 1.807) is 0 Å². The molecule has 1 atom stereocenters. The van der Waals surface area contributed by atoms with Gasteiger partial charge in [-0.15, -0.1) is 0 Å². The third-order valence-electron chi connectivity index (χ3n) is 4.25. The molecule has 0 saturated carbocycles. The zero-order valence-electron chi connectivity index (χ0n) is 13.6. The fourth-order valence-electron chi connectivity index (χ4n) is 3.06. The molecule has 2 heteroatoms. The van der Waals surface area contributed by atoms with Crippen LogP contribution in [0.25, 0.3) is 0 Å². The summed E-state index contributed by atoms with van der Waals surface area (Å²) < 4.78 is 5.87. The van der Waals surface area contributed by atoms with Crippen molar-refractivity contribution in [1.82, 2.24) is 0 Å². The molecule has 0 fully saturated rings. The Kier molecular flexibility index (Phi) is 6.47. The first-order valence-corrected chi connectivity index (χ1v) is 8.15. The van der Waals surface area contributed by atoms with E-state index in [2.05, 4.69) is 36.9 Å². The molecule has 2 rings (SSSR count). The molecule has 2 nitrogen and oxygen atoms in total. The second-order valence-corrected chi connectivity index (χ2v) is 5.85. The Hall–Kier alpha value is -1.80. The number of hydrogen-bond acceptors (Lipinski definition) is 2. The number of allylic oxidation sites excluding steroid dienone is 4. The van der Waals surface area contributed by atoms with Crippen LogP contribution in [-0.4, -0.2) is 13.2 Å². The predicted octanol–water partition coefficient (Wildman–Crippen LogP) is 4.39. The van der Waals surface area contributed by atoms with Crippen molar-refractivity contribution in [3.63, 3.8) is 0 Å². The average Bonchev–Trinajstić information content (AvgIpc) is 2.55. The van der Waals surface area contributed by atoms with Crippen molar-refractivity contribution in [2.45, 2.75) is 32.6 Å². The van der Waals surface area contributed by atoms with Gasteiger partial charge in [-0.25, -0.2) is 0 Å². The van der Waals surface area contributed by atoms with Crippen LogP contribution >= 0.6 is 0 Å². The van der Waals surface area contributed by atoms with Crippen LogP contribution in [0.2, 0.25) is 0 Å². The number of benzene rings is 1. The van der Waals surface area contributed by atoms with Gasteiger partial charge in [-0.05, 0) is 61.4 Å². The zero-order valence-corrected chi connectivity index (χ0v) is 13.6. The first kappa shape index (κ1) is 16.6. The summed E-state index contributed by atoms with van der Waals surface area (Å²) in [6.07, 6.45) is 8.54. The second-order valence-electron chi connectivity index (χ2n) is 5.85. The Bertz CT molecular complexity index is 542. The molecule has 1 aromatic carbocycles. The SMILES string of the molecule is C=CC1=C(/C=C(\C)OCCc2ccccc2)CCCC1CN. The molecule has 2 N–H and O–H groups in total. The van der Waals surface area contributed by atoms with Crippen molar-refractivity contribution in [2.75, 3.05) is 13.2 Å². The van der Waals surface area contributed by atoms with Crippen molar-refractivity contribution < 1.29 is 4.74 Å². The predicted molar refractivity (Wildman–Crippen MR) is 93.5 cm³/mol. The van der Waals surface area contributed by atoms with Gasteiger partial charge in [-0.2, -0.15) is 0 Å². The fourth-order valence-corrected chi connectivity index (χ4v) is 3.06. The molecule has 0 radical (unpaired) electrons. The van der Waals surface area contributed by atoms with E-state index in [1.807, 2.05) is 19.1 Å². The van der Waals surface area contributed by atoms with Crippen LogP contribution < -0.4 is 5.73 Å². The highest BCUT2D eigenvalue weighted by Crippen LogP contribution is 2.31. The molecule has 1 aliphatic carbocycles. The van der Waals surface area contributed by atoms with Gasteiger partial charge in [0.15, 0.2) is 0 Å². The Labute approximate surface area is 134 Å². The van der Waals surface area contributed by atoms with Gasteiger partial charge in [0.05, 0.1) is 12.4 Å². The summed E-state index contributed by atoms with van der Waals surface area (Å²) in [5.74, 6) is 1.43. The van der Waals surface area contributed by atoms with Crippen molar-refractivity contribution >= 4 is 0 Å². The first-order chi connectivity index (χ1) is 10.7. The minimum Gasteiger partial charge on any atom is -0.498 e.